The molecule has 1 N–H and O–H groups in total. The molecule has 7 heteroatoms. The van der Waals surface area contributed by atoms with Gasteiger partial charge in [0, 0.05) is 5.56 Å². The van der Waals surface area contributed by atoms with Gasteiger partial charge in [-0.15, -0.1) is 0 Å². The van der Waals surface area contributed by atoms with E-state index in [0.29, 0.717) is 45.4 Å². The standard InChI is InChI=1S/C26H19ClN2O4/c1-2-32-24-13-17(11-22(15-29)18-7-9-19(10-8-18)26(30)31)12-23(27)25(24)33-16-21-6-4-3-5-20(21)14-28/h3-13H,2,16H2,1H3,(H,30,31). The minimum atomic E-state index is -1.04. The number of allylic oxidation sites excluding steroid dienone is 1. The zero-order valence-electron chi connectivity index (χ0n) is 17.7. The molecule has 0 aliphatic heterocycles. The molecule has 0 heterocycles. The highest BCUT2D eigenvalue weighted by molar-refractivity contribution is 6.32. The Hall–Kier alpha value is -4.26. The normalized spacial score (nSPS) is 10.7. The van der Waals surface area contributed by atoms with Crippen LogP contribution in [0.5, 0.6) is 11.5 Å². The van der Waals surface area contributed by atoms with Gasteiger partial charge in [0.1, 0.15) is 6.61 Å². The van der Waals surface area contributed by atoms with Gasteiger partial charge < -0.3 is 14.6 Å². The van der Waals surface area contributed by atoms with Crippen LogP contribution in [0.4, 0.5) is 0 Å². The fourth-order valence-electron chi connectivity index (χ4n) is 3.12. The zero-order valence-corrected chi connectivity index (χ0v) is 18.5. The highest BCUT2D eigenvalue weighted by Crippen LogP contribution is 2.38. The zero-order chi connectivity index (χ0) is 23.8. The second-order valence-corrected chi connectivity index (χ2v) is 7.28. The fourth-order valence-corrected chi connectivity index (χ4v) is 3.39. The van der Waals surface area contributed by atoms with Crippen molar-refractivity contribution in [2.45, 2.75) is 13.5 Å². The third kappa shape index (κ3) is 5.71. The predicted octanol–water partition coefficient (Wildman–Crippen LogP) is 5.95. The monoisotopic (exact) mass is 458 g/mol. The average molecular weight is 459 g/mol. The highest BCUT2D eigenvalue weighted by Gasteiger charge is 2.14. The lowest BCUT2D eigenvalue weighted by Crippen LogP contribution is -2.02. The van der Waals surface area contributed by atoms with E-state index in [9.17, 15) is 15.3 Å². The van der Waals surface area contributed by atoms with Gasteiger partial charge in [0.05, 0.1) is 40.5 Å². The molecular formula is C26H19ClN2O4. The van der Waals surface area contributed by atoms with Crippen molar-refractivity contribution in [3.63, 3.8) is 0 Å². The van der Waals surface area contributed by atoms with E-state index < -0.39 is 5.97 Å². The maximum atomic E-state index is 11.1. The van der Waals surface area contributed by atoms with Gasteiger partial charge in [-0.25, -0.2) is 4.79 Å². The molecule has 0 radical (unpaired) electrons. The summed E-state index contributed by atoms with van der Waals surface area (Å²) >= 11 is 6.49. The Labute approximate surface area is 196 Å². The first kappa shape index (κ1) is 23.4. The van der Waals surface area contributed by atoms with Crippen molar-refractivity contribution >= 4 is 29.2 Å². The van der Waals surface area contributed by atoms with E-state index in [4.69, 9.17) is 26.2 Å². The molecule has 0 aromatic heterocycles. The molecule has 3 aromatic rings. The second-order valence-electron chi connectivity index (χ2n) is 6.87. The highest BCUT2D eigenvalue weighted by atomic mass is 35.5. The van der Waals surface area contributed by atoms with Crippen molar-refractivity contribution in [2.24, 2.45) is 0 Å². The molecule has 0 unspecified atom stereocenters. The van der Waals surface area contributed by atoms with Crippen molar-refractivity contribution in [3.8, 4) is 23.6 Å². The van der Waals surface area contributed by atoms with E-state index >= 15 is 0 Å². The van der Waals surface area contributed by atoms with E-state index in [2.05, 4.69) is 12.1 Å². The van der Waals surface area contributed by atoms with Crippen LogP contribution in [0.25, 0.3) is 11.6 Å². The molecule has 0 atom stereocenters. The summed E-state index contributed by atoms with van der Waals surface area (Å²) in [7, 11) is 0. The average Bonchev–Trinajstić information content (AvgIpc) is 2.82. The van der Waals surface area contributed by atoms with Crippen molar-refractivity contribution < 1.29 is 19.4 Å². The first-order valence-electron chi connectivity index (χ1n) is 9.99. The van der Waals surface area contributed by atoms with Crippen LogP contribution in [0.3, 0.4) is 0 Å². The lowest BCUT2D eigenvalue weighted by atomic mass is 10.0. The summed E-state index contributed by atoms with van der Waals surface area (Å²) in [5.74, 6) is -0.290. The molecule has 0 saturated heterocycles. The fraction of sp³-hybridized carbons (Fsp3) is 0.115. The smallest absolute Gasteiger partial charge is 0.335 e. The van der Waals surface area contributed by atoms with Gasteiger partial charge in [-0.3, -0.25) is 0 Å². The number of nitriles is 2. The summed E-state index contributed by atoms with van der Waals surface area (Å²) in [5, 5.41) is 28.2. The molecule has 6 nitrogen and oxygen atoms in total. The van der Waals surface area contributed by atoms with Crippen LogP contribution in [-0.2, 0) is 6.61 Å². The van der Waals surface area contributed by atoms with E-state index in [0.717, 1.165) is 5.56 Å². The van der Waals surface area contributed by atoms with Crippen molar-refractivity contribution in [1.82, 2.24) is 0 Å². The van der Waals surface area contributed by atoms with Gasteiger partial charge >= 0.3 is 5.97 Å². The van der Waals surface area contributed by atoms with Gasteiger partial charge in [0.15, 0.2) is 11.5 Å². The Morgan fingerprint density at radius 2 is 1.76 bits per heavy atom. The topological polar surface area (TPSA) is 103 Å². The van der Waals surface area contributed by atoms with E-state index in [1.165, 1.54) is 12.1 Å². The number of hydrogen-bond donors (Lipinski definition) is 1. The number of aromatic carboxylic acids is 1. The van der Waals surface area contributed by atoms with Crippen molar-refractivity contribution in [2.75, 3.05) is 6.61 Å². The number of halogens is 1. The molecule has 164 valence electrons. The van der Waals surface area contributed by atoms with Gasteiger partial charge in [0.25, 0.3) is 0 Å². The number of nitrogens with zero attached hydrogens (tertiary/aromatic N) is 2. The van der Waals surface area contributed by atoms with Crippen molar-refractivity contribution in [1.29, 1.82) is 10.5 Å². The summed E-state index contributed by atoms with van der Waals surface area (Å²) in [6, 6.07) is 20.8. The van der Waals surface area contributed by atoms with Crippen LogP contribution in [0.15, 0.2) is 60.7 Å². The summed E-state index contributed by atoms with van der Waals surface area (Å²) in [6.07, 6.45) is 1.64. The predicted molar refractivity (Wildman–Crippen MR) is 125 cm³/mol. The van der Waals surface area contributed by atoms with Crippen LogP contribution in [-0.4, -0.2) is 17.7 Å². The second kappa shape index (κ2) is 10.9. The third-order valence-electron chi connectivity index (χ3n) is 4.72. The Morgan fingerprint density at radius 1 is 1.06 bits per heavy atom. The molecule has 0 aliphatic rings. The molecule has 33 heavy (non-hydrogen) atoms. The van der Waals surface area contributed by atoms with Crippen LogP contribution in [0.1, 0.15) is 39.5 Å². The quantitative estimate of drug-likeness (QED) is 0.330. The van der Waals surface area contributed by atoms with Crippen LogP contribution in [0, 0.1) is 22.7 Å². The Bertz CT molecular complexity index is 1290. The van der Waals surface area contributed by atoms with Crippen LogP contribution in [0.2, 0.25) is 5.02 Å². The summed E-state index contributed by atoms with van der Waals surface area (Å²) in [6.45, 7) is 2.34. The number of benzene rings is 3. The Balaban J connectivity index is 1.93. The summed E-state index contributed by atoms with van der Waals surface area (Å²) in [5.41, 5.74) is 2.90. The van der Waals surface area contributed by atoms with Gasteiger partial charge in [-0.2, -0.15) is 10.5 Å². The molecule has 3 rings (SSSR count). The van der Waals surface area contributed by atoms with Gasteiger partial charge in [0.2, 0.25) is 0 Å². The summed E-state index contributed by atoms with van der Waals surface area (Å²) < 4.78 is 11.6. The number of ether oxygens (including phenoxy) is 2. The van der Waals surface area contributed by atoms with Crippen LogP contribution >= 0.6 is 11.6 Å². The molecule has 0 fully saturated rings. The number of carboxylic acids is 1. The molecule has 3 aromatic carbocycles. The molecule has 0 saturated carbocycles. The lowest BCUT2D eigenvalue weighted by Gasteiger charge is -2.15. The van der Waals surface area contributed by atoms with E-state index in [1.807, 2.05) is 13.0 Å². The SMILES string of the molecule is CCOc1cc(C=C(C#N)c2ccc(C(=O)O)cc2)cc(Cl)c1OCc1ccccc1C#N. The molecule has 0 aliphatic carbocycles. The maximum Gasteiger partial charge on any atom is 0.335 e. The minimum absolute atomic E-state index is 0.136. The minimum Gasteiger partial charge on any atom is -0.490 e. The molecule has 0 amide bonds. The molecular weight excluding hydrogens is 440 g/mol. The first-order valence-corrected chi connectivity index (χ1v) is 10.4. The Kier molecular flexibility index (Phi) is 7.70. The van der Waals surface area contributed by atoms with E-state index in [1.54, 1.807) is 48.5 Å². The van der Waals surface area contributed by atoms with Gasteiger partial charge in [-0.1, -0.05) is 41.9 Å². The van der Waals surface area contributed by atoms with E-state index in [-0.39, 0.29) is 12.2 Å². The molecule has 0 bridgehead atoms. The number of carbonyl (C=O) groups is 1. The third-order valence-corrected chi connectivity index (χ3v) is 5.00. The largest absolute Gasteiger partial charge is 0.490 e. The number of carboxylic acid groups (broad SMARTS) is 1. The maximum absolute atomic E-state index is 11.1. The summed E-state index contributed by atoms with van der Waals surface area (Å²) in [4.78, 5) is 11.1. The number of rotatable bonds is 8. The first-order chi connectivity index (χ1) is 16.0. The van der Waals surface area contributed by atoms with Crippen LogP contribution < -0.4 is 9.47 Å². The molecule has 0 spiro atoms. The Morgan fingerprint density at radius 3 is 2.39 bits per heavy atom. The lowest BCUT2D eigenvalue weighted by molar-refractivity contribution is 0.0697. The number of hydrogen-bond acceptors (Lipinski definition) is 5. The van der Waals surface area contributed by atoms with Gasteiger partial charge in [-0.05, 0) is 54.5 Å². The van der Waals surface area contributed by atoms with Crippen molar-refractivity contribution in [3.05, 3.63) is 93.5 Å².